The van der Waals surface area contributed by atoms with Crippen LogP contribution in [0, 0.1) is 16.0 Å². The van der Waals surface area contributed by atoms with Gasteiger partial charge in [0.2, 0.25) is 0 Å². The van der Waals surface area contributed by atoms with Crippen LogP contribution in [-0.4, -0.2) is 30.6 Å². The number of nitro groups is 1. The van der Waals surface area contributed by atoms with Crippen LogP contribution >= 0.6 is 11.8 Å². The van der Waals surface area contributed by atoms with E-state index in [2.05, 4.69) is 12.2 Å². The van der Waals surface area contributed by atoms with Crippen molar-refractivity contribution < 1.29 is 9.66 Å². The molecule has 5 nitrogen and oxygen atoms in total. The van der Waals surface area contributed by atoms with Gasteiger partial charge in [0, 0.05) is 6.54 Å². The molecule has 1 unspecified atom stereocenters. The molecule has 100 valence electrons. The first-order chi connectivity index (χ1) is 8.60. The Labute approximate surface area is 111 Å². The Morgan fingerprint density at radius 1 is 1.56 bits per heavy atom. The Kier molecular flexibility index (Phi) is 5.77. The molecule has 1 N–H and O–H groups in total. The molecule has 6 heteroatoms. The zero-order valence-electron chi connectivity index (χ0n) is 10.8. The average molecular weight is 270 g/mol. The zero-order valence-corrected chi connectivity index (χ0v) is 11.6. The number of anilines is 1. The topological polar surface area (TPSA) is 64.4 Å². The van der Waals surface area contributed by atoms with Crippen molar-refractivity contribution in [1.82, 2.24) is 0 Å². The monoisotopic (exact) mass is 270 g/mol. The molecule has 0 saturated heterocycles. The number of benzene rings is 1. The first-order valence-corrected chi connectivity index (χ1v) is 7.03. The molecule has 0 spiro atoms. The van der Waals surface area contributed by atoms with Crippen LogP contribution in [0.5, 0.6) is 5.75 Å². The summed E-state index contributed by atoms with van der Waals surface area (Å²) in [6, 6.07) is 5.04. The van der Waals surface area contributed by atoms with E-state index in [1.807, 2.05) is 6.26 Å². The quantitative estimate of drug-likeness (QED) is 0.609. The summed E-state index contributed by atoms with van der Waals surface area (Å²) in [7, 11) is 1.43. The normalized spacial score (nSPS) is 11.9. The lowest BCUT2D eigenvalue weighted by Gasteiger charge is -2.13. The van der Waals surface area contributed by atoms with Crippen LogP contribution in [0.2, 0.25) is 0 Å². The fraction of sp³-hybridized carbons (Fsp3) is 0.500. The summed E-state index contributed by atoms with van der Waals surface area (Å²) in [4.78, 5) is 10.6. The maximum absolute atomic E-state index is 11.1. The molecule has 0 heterocycles. The Balaban J connectivity index is 2.85. The lowest BCUT2D eigenvalue weighted by atomic mass is 10.2. The number of thioether (sulfide) groups is 1. The van der Waals surface area contributed by atoms with Crippen molar-refractivity contribution >= 4 is 23.1 Å². The van der Waals surface area contributed by atoms with Gasteiger partial charge in [-0.2, -0.15) is 11.8 Å². The average Bonchev–Trinajstić information content (AvgIpc) is 2.35. The standard InChI is InChI=1S/C12H18N2O3S/c1-9(8-18-3)7-13-10-5-4-6-11(17-2)12(10)14(15)16/h4-6,9,13H,7-8H2,1-3H3. The van der Waals surface area contributed by atoms with Crippen LogP contribution in [0.1, 0.15) is 6.92 Å². The van der Waals surface area contributed by atoms with Crippen molar-refractivity contribution in [1.29, 1.82) is 0 Å². The number of methoxy groups -OCH3 is 1. The van der Waals surface area contributed by atoms with Crippen molar-refractivity contribution in [3.8, 4) is 5.75 Å². The van der Waals surface area contributed by atoms with Crippen LogP contribution in [0.15, 0.2) is 18.2 Å². The van der Waals surface area contributed by atoms with Crippen LogP contribution in [0.25, 0.3) is 0 Å². The summed E-state index contributed by atoms with van der Waals surface area (Å²) < 4.78 is 5.02. The fourth-order valence-electron chi connectivity index (χ4n) is 1.65. The summed E-state index contributed by atoms with van der Waals surface area (Å²) in [5.41, 5.74) is 0.503. The smallest absolute Gasteiger partial charge is 0.333 e. The highest BCUT2D eigenvalue weighted by molar-refractivity contribution is 7.98. The van der Waals surface area contributed by atoms with E-state index in [1.54, 1.807) is 30.0 Å². The predicted molar refractivity (Wildman–Crippen MR) is 75.7 cm³/mol. The predicted octanol–water partition coefficient (Wildman–Crippen LogP) is 3.01. The highest BCUT2D eigenvalue weighted by Gasteiger charge is 2.20. The van der Waals surface area contributed by atoms with E-state index < -0.39 is 4.92 Å². The molecule has 0 fully saturated rings. The molecule has 1 aromatic rings. The Hall–Kier alpha value is -1.43. The van der Waals surface area contributed by atoms with Crippen LogP contribution in [0.3, 0.4) is 0 Å². The maximum atomic E-state index is 11.1. The third-order valence-corrected chi connectivity index (χ3v) is 3.40. The number of hydrogen-bond acceptors (Lipinski definition) is 5. The molecule has 18 heavy (non-hydrogen) atoms. The van der Waals surface area contributed by atoms with Crippen molar-refractivity contribution in [2.24, 2.45) is 5.92 Å². The molecular formula is C12H18N2O3S. The van der Waals surface area contributed by atoms with Gasteiger partial charge in [0.15, 0.2) is 5.75 Å². The molecular weight excluding hydrogens is 252 g/mol. The highest BCUT2D eigenvalue weighted by Crippen LogP contribution is 2.34. The van der Waals surface area contributed by atoms with Gasteiger partial charge in [-0.15, -0.1) is 0 Å². The second-order valence-corrected chi connectivity index (χ2v) is 4.97. The molecule has 0 saturated carbocycles. The zero-order chi connectivity index (χ0) is 13.5. The number of hydrogen-bond donors (Lipinski definition) is 1. The molecule has 0 aliphatic carbocycles. The molecule has 1 aromatic carbocycles. The molecule has 0 aliphatic heterocycles. The van der Waals surface area contributed by atoms with E-state index in [0.717, 1.165) is 5.75 Å². The van der Waals surface area contributed by atoms with Crippen molar-refractivity contribution in [2.45, 2.75) is 6.92 Å². The van der Waals surface area contributed by atoms with Crippen LogP contribution < -0.4 is 10.1 Å². The molecule has 1 rings (SSSR count). The third kappa shape index (κ3) is 3.80. The highest BCUT2D eigenvalue weighted by atomic mass is 32.2. The summed E-state index contributed by atoms with van der Waals surface area (Å²) in [5, 5.41) is 14.2. The SMILES string of the molecule is COc1cccc(NCC(C)CSC)c1[N+](=O)[O-]. The minimum atomic E-state index is -0.416. The molecule has 0 amide bonds. The molecule has 0 aliphatic rings. The van der Waals surface area contributed by atoms with Crippen molar-refractivity contribution in [3.05, 3.63) is 28.3 Å². The summed E-state index contributed by atoms with van der Waals surface area (Å²) >= 11 is 1.76. The Bertz CT molecular complexity index is 412. The minimum absolute atomic E-state index is 0.00338. The molecule has 0 radical (unpaired) electrons. The summed E-state index contributed by atoms with van der Waals surface area (Å²) in [6.07, 6.45) is 2.05. The molecule has 0 aromatic heterocycles. The van der Waals surface area contributed by atoms with Gasteiger partial charge in [-0.1, -0.05) is 13.0 Å². The van der Waals surface area contributed by atoms with E-state index in [4.69, 9.17) is 4.74 Å². The Morgan fingerprint density at radius 3 is 2.83 bits per heavy atom. The van der Waals surface area contributed by atoms with Gasteiger partial charge >= 0.3 is 5.69 Å². The minimum Gasteiger partial charge on any atom is -0.490 e. The van der Waals surface area contributed by atoms with E-state index >= 15 is 0 Å². The van der Waals surface area contributed by atoms with Gasteiger partial charge in [0.1, 0.15) is 5.69 Å². The second-order valence-electron chi connectivity index (χ2n) is 4.05. The molecule has 1 atom stereocenters. The van der Waals surface area contributed by atoms with E-state index in [-0.39, 0.29) is 11.4 Å². The second kappa shape index (κ2) is 7.10. The number of ether oxygens (including phenoxy) is 1. The van der Waals surface area contributed by atoms with E-state index in [1.165, 1.54) is 7.11 Å². The number of rotatable bonds is 7. The fourth-order valence-corrected chi connectivity index (χ4v) is 2.33. The largest absolute Gasteiger partial charge is 0.490 e. The number of para-hydroxylation sites is 1. The summed E-state index contributed by atoms with van der Waals surface area (Å²) in [5.74, 6) is 1.75. The number of nitrogens with zero attached hydrogens (tertiary/aromatic N) is 1. The van der Waals surface area contributed by atoms with Gasteiger partial charge in [0.05, 0.1) is 12.0 Å². The van der Waals surface area contributed by atoms with Gasteiger partial charge in [-0.25, -0.2) is 0 Å². The van der Waals surface area contributed by atoms with Gasteiger partial charge in [-0.3, -0.25) is 10.1 Å². The lowest BCUT2D eigenvalue weighted by Crippen LogP contribution is -2.14. The number of nitro benzene ring substituents is 1. The van der Waals surface area contributed by atoms with Crippen molar-refractivity contribution in [3.63, 3.8) is 0 Å². The van der Waals surface area contributed by atoms with Crippen LogP contribution in [0.4, 0.5) is 11.4 Å². The summed E-state index contributed by atoms with van der Waals surface area (Å²) in [6.45, 7) is 2.81. The van der Waals surface area contributed by atoms with E-state index in [0.29, 0.717) is 18.2 Å². The van der Waals surface area contributed by atoms with E-state index in [9.17, 15) is 10.1 Å². The third-order valence-electron chi connectivity index (χ3n) is 2.49. The van der Waals surface area contributed by atoms with Gasteiger partial charge in [-0.05, 0) is 30.1 Å². The Morgan fingerprint density at radius 2 is 2.28 bits per heavy atom. The van der Waals surface area contributed by atoms with Gasteiger partial charge < -0.3 is 10.1 Å². The first kappa shape index (κ1) is 14.6. The lowest BCUT2D eigenvalue weighted by molar-refractivity contribution is -0.384. The number of nitrogens with one attached hydrogen (secondary N) is 1. The van der Waals surface area contributed by atoms with Crippen molar-refractivity contribution in [2.75, 3.05) is 31.0 Å². The van der Waals surface area contributed by atoms with Crippen LogP contribution in [-0.2, 0) is 0 Å². The molecule has 0 bridgehead atoms. The maximum Gasteiger partial charge on any atom is 0.333 e. The first-order valence-electron chi connectivity index (χ1n) is 5.64. The van der Waals surface area contributed by atoms with Gasteiger partial charge in [0.25, 0.3) is 0 Å².